The van der Waals surface area contributed by atoms with Gasteiger partial charge < -0.3 is 31.2 Å². The number of halogens is 8. The molecule has 3 aromatic rings. The lowest BCUT2D eigenvalue weighted by atomic mass is 9.82. The van der Waals surface area contributed by atoms with Crippen LogP contribution in [-0.4, -0.2) is 16.4 Å². The summed E-state index contributed by atoms with van der Waals surface area (Å²) >= 11 is 0. The van der Waals surface area contributed by atoms with E-state index in [1.54, 1.807) is 0 Å². The first-order chi connectivity index (χ1) is 17.8. The van der Waals surface area contributed by atoms with Gasteiger partial charge in [-0.15, -0.1) is 0 Å². The molecule has 14 heteroatoms. The standard InChI is InChI=1S/C24H14F8N2O4/c25-11-7-10(16(26)18(28)17(11)27)24(38-9-2-4-13(34)15(36)6-9)22(31)20(30)19(29)21(23(24)32)37-8-1-3-12(33)14(35)5-8/h1-7,23,35-36H,33-34H2. The minimum atomic E-state index is -3.92. The third-order valence-electron chi connectivity index (χ3n) is 5.53. The van der Waals surface area contributed by atoms with E-state index in [9.17, 15) is 36.6 Å². The average molecular weight is 546 g/mol. The van der Waals surface area contributed by atoms with Gasteiger partial charge in [-0.25, -0.2) is 30.7 Å². The molecule has 6 nitrogen and oxygen atoms in total. The molecular formula is C24H14F8N2O4. The van der Waals surface area contributed by atoms with Crippen LogP contribution in [0.3, 0.4) is 0 Å². The van der Waals surface area contributed by atoms with E-state index in [0.29, 0.717) is 6.07 Å². The first kappa shape index (κ1) is 26.4. The molecule has 38 heavy (non-hydrogen) atoms. The van der Waals surface area contributed by atoms with Crippen LogP contribution in [0.4, 0.5) is 46.5 Å². The molecule has 3 aromatic carbocycles. The highest BCUT2D eigenvalue weighted by Gasteiger charge is 2.59. The van der Waals surface area contributed by atoms with Crippen LogP contribution in [0.25, 0.3) is 0 Å². The zero-order valence-electron chi connectivity index (χ0n) is 18.5. The van der Waals surface area contributed by atoms with Gasteiger partial charge in [0.25, 0.3) is 0 Å². The second kappa shape index (κ2) is 9.36. The van der Waals surface area contributed by atoms with Crippen molar-refractivity contribution in [2.24, 2.45) is 0 Å². The number of nitrogen functional groups attached to an aromatic ring is 2. The minimum Gasteiger partial charge on any atom is -0.506 e. The first-order valence-electron chi connectivity index (χ1n) is 10.3. The topological polar surface area (TPSA) is 111 Å². The number of nitrogens with two attached hydrogens (primary N) is 2. The van der Waals surface area contributed by atoms with Crippen LogP contribution in [-0.2, 0) is 5.60 Å². The van der Waals surface area contributed by atoms with Crippen LogP contribution < -0.4 is 20.9 Å². The molecule has 1 aliphatic carbocycles. The largest absolute Gasteiger partial charge is 0.506 e. The maximum Gasteiger partial charge on any atom is 0.229 e. The molecule has 0 saturated heterocycles. The zero-order chi connectivity index (χ0) is 28.1. The molecule has 2 unspecified atom stereocenters. The summed E-state index contributed by atoms with van der Waals surface area (Å²) < 4.78 is 128. The molecule has 6 N–H and O–H groups in total. The Hall–Kier alpha value is -4.62. The Morgan fingerprint density at radius 3 is 1.84 bits per heavy atom. The van der Waals surface area contributed by atoms with E-state index in [1.807, 2.05) is 0 Å². The minimum absolute atomic E-state index is 0.204. The summed E-state index contributed by atoms with van der Waals surface area (Å²) in [5, 5.41) is 19.6. The predicted molar refractivity (Wildman–Crippen MR) is 117 cm³/mol. The van der Waals surface area contributed by atoms with Crippen LogP contribution in [0.15, 0.2) is 65.7 Å². The molecule has 0 heterocycles. The highest BCUT2D eigenvalue weighted by atomic mass is 19.2. The van der Waals surface area contributed by atoms with Crippen molar-refractivity contribution in [3.63, 3.8) is 0 Å². The SMILES string of the molecule is Nc1ccc(OC2=C(F)C(F)=C(F)C(Oc3ccc(N)c(O)c3)(c3cc(F)c(F)c(F)c3F)C2F)cc1O. The molecule has 1 aliphatic rings. The van der Waals surface area contributed by atoms with E-state index < -0.39 is 86.8 Å². The van der Waals surface area contributed by atoms with Crippen LogP contribution in [0, 0.1) is 23.3 Å². The number of phenolic OH excluding ortho intramolecular Hbond substituents is 2. The molecule has 0 saturated carbocycles. The summed E-state index contributed by atoms with van der Waals surface area (Å²) in [6.07, 6.45) is -3.47. The molecule has 4 rings (SSSR count). The second-order valence-corrected chi connectivity index (χ2v) is 7.90. The van der Waals surface area contributed by atoms with Gasteiger partial charge in [0.05, 0.1) is 11.4 Å². The van der Waals surface area contributed by atoms with Crippen LogP contribution in [0.5, 0.6) is 23.0 Å². The number of phenols is 2. The van der Waals surface area contributed by atoms with Crippen molar-refractivity contribution in [3.8, 4) is 23.0 Å². The molecule has 0 aromatic heterocycles. The number of hydrogen-bond acceptors (Lipinski definition) is 6. The van der Waals surface area contributed by atoms with Gasteiger partial charge in [0, 0.05) is 17.7 Å². The van der Waals surface area contributed by atoms with Gasteiger partial charge in [0.1, 0.15) is 23.0 Å². The number of allylic oxidation sites excluding steroid dienone is 2. The highest BCUT2D eigenvalue weighted by Crippen LogP contribution is 2.52. The van der Waals surface area contributed by atoms with E-state index >= 15 is 8.78 Å². The van der Waals surface area contributed by atoms with Gasteiger partial charge in [0.15, 0.2) is 40.7 Å². The summed E-state index contributed by atoms with van der Waals surface area (Å²) in [5.74, 6) is -21.4. The van der Waals surface area contributed by atoms with Crippen molar-refractivity contribution in [3.05, 3.63) is 94.5 Å². The number of alkyl halides is 1. The van der Waals surface area contributed by atoms with Gasteiger partial charge in [-0.2, -0.15) is 4.39 Å². The number of aromatic hydroxyl groups is 2. The van der Waals surface area contributed by atoms with Crippen LogP contribution in [0.2, 0.25) is 0 Å². The molecule has 200 valence electrons. The lowest BCUT2D eigenvalue weighted by molar-refractivity contribution is -0.0138. The maximum absolute atomic E-state index is 16.1. The summed E-state index contributed by atoms with van der Waals surface area (Å²) in [5.41, 5.74) is 4.68. The fourth-order valence-electron chi connectivity index (χ4n) is 3.61. The number of ether oxygens (including phenoxy) is 2. The quantitative estimate of drug-likeness (QED) is 0.105. The Morgan fingerprint density at radius 2 is 1.26 bits per heavy atom. The molecule has 0 bridgehead atoms. The molecule has 0 amide bonds. The highest BCUT2D eigenvalue weighted by molar-refractivity contribution is 5.57. The predicted octanol–water partition coefficient (Wildman–Crippen LogP) is 5.86. The van der Waals surface area contributed by atoms with Gasteiger partial charge in [0.2, 0.25) is 17.6 Å². The van der Waals surface area contributed by atoms with Crippen LogP contribution in [0.1, 0.15) is 5.56 Å². The number of rotatable bonds is 5. The molecule has 0 radical (unpaired) electrons. The Morgan fingerprint density at radius 1 is 0.711 bits per heavy atom. The fourth-order valence-corrected chi connectivity index (χ4v) is 3.61. The van der Waals surface area contributed by atoms with Crippen molar-refractivity contribution in [2.75, 3.05) is 11.5 Å². The third kappa shape index (κ3) is 4.07. The van der Waals surface area contributed by atoms with Crippen molar-refractivity contribution < 1.29 is 54.8 Å². The summed E-state index contributed by atoms with van der Waals surface area (Å²) in [6, 6.07) is 4.86. The Kier molecular flexibility index (Phi) is 6.51. The van der Waals surface area contributed by atoms with Gasteiger partial charge >= 0.3 is 0 Å². The van der Waals surface area contributed by atoms with Crippen molar-refractivity contribution >= 4 is 11.4 Å². The maximum atomic E-state index is 16.1. The summed E-state index contributed by atoms with van der Waals surface area (Å²) in [4.78, 5) is 0. The second-order valence-electron chi connectivity index (χ2n) is 7.90. The smallest absolute Gasteiger partial charge is 0.229 e. The molecular weight excluding hydrogens is 532 g/mol. The fraction of sp³-hybridized carbons (Fsp3) is 0.0833. The Balaban J connectivity index is 1.99. The van der Waals surface area contributed by atoms with E-state index in [2.05, 4.69) is 0 Å². The third-order valence-corrected chi connectivity index (χ3v) is 5.53. The Labute approximate surface area is 207 Å². The molecule has 2 atom stereocenters. The van der Waals surface area contributed by atoms with Crippen molar-refractivity contribution in [1.82, 2.24) is 0 Å². The lowest BCUT2D eigenvalue weighted by Gasteiger charge is -2.39. The zero-order valence-corrected chi connectivity index (χ0v) is 18.5. The normalized spacial score (nSPS) is 19.6. The first-order valence-corrected chi connectivity index (χ1v) is 10.3. The lowest BCUT2D eigenvalue weighted by Crippen LogP contribution is -2.49. The van der Waals surface area contributed by atoms with Crippen LogP contribution >= 0.6 is 0 Å². The average Bonchev–Trinajstić information content (AvgIpc) is 2.88. The number of hydrogen-bond donors (Lipinski definition) is 4. The van der Waals surface area contributed by atoms with Crippen molar-refractivity contribution in [2.45, 2.75) is 11.8 Å². The van der Waals surface area contributed by atoms with E-state index in [1.165, 1.54) is 0 Å². The monoisotopic (exact) mass is 546 g/mol. The van der Waals surface area contributed by atoms with E-state index in [4.69, 9.17) is 20.9 Å². The molecule has 0 fully saturated rings. The number of anilines is 2. The van der Waals surface area contributed by atoms with Gasteiger partial charge in [-0.1, -0.05) is 0 Å². The Bertz CT molecular complexity index is 1530. The van der Waals surface area contributed by atoms with Gasteiger partial charge in [-0.05, 0) is 30.3 Å². The van der Waals surface area contributed by atoms with Gasteiger partial charge in [-0.3, -0.25) is 0 Å². The van der Waals surface area contributed by atoms with Crippen molar-refractivity contribution in [1.29, 1.82) is 0 Å². The van der Waals surface area contributed by atoms with E-state index in [-0.39, 0.29) is 17.4 Å². The summed E-state index contributed by atoms with van der Waals surface area (Å²) in [7, 11) is 0. The summed E-state index contributed by atoms with van der Waals surface area (Å²) in [6.45, 7) is 0. The van der Waals surface area contributed by atoms with E-state index in [0.717, 1.165) is 30.3 Å². The molecule has 0 spiro atoms. The number of benzene rings is 3. The molecule has 0 aliphatic heterocycles.